The van der Waals surface area contributed by atoms with Crippen molar-refractivity contribution in [1.82, 2.24) is 9.97 Å². The van der Waals surface area contributed by atoms with Crippen LogP contribution in [0.5, 0.6) is 0 Å². The average Bonchev–Trinajstić information content (AvgIpc) is 2.98. The van der Waals surface area contributed by atoms with Gasteiger partial charge in [-0.3, -0.25) is 4.79 Å². The Balaban J connectivity index is 2.52. The summed E-state index contributed by atoms with van der Waals surface area (Å²) in [4.78, 5) is 20.3. The number of hydrogen-bond donors (Lipinski definition) is 2. The summed E-state index contributed by atoms with van der Waals surface area (Å²) >= 11 is 1.52. The average molecular weight is 345 g/mol. The first-order valence-corrected chi connectivity index (χ1v) is 8.67. The Kier molecular flexibility index (Phi) is 5.98. The van der Waals surface area contributed by atoms with Gasteiger partial charge in [0.2, 0.25) is 0 Å². The Hall–Kier alpha value is -2.34. The Bertz CT molecular complexity index is 816. The molecule has 0 radical (unpaired) electrons. The van der Waals surface area contributed by atoms with Gasteiger partial charge in [-0.25, -0.2) is 4.98 Å². The lowest BCUT2D eigenvalue weighted by Crippen LogP contribution is -2.10. The zero-order valence-electron chi connectivity index (χ0n) is 14.6. The van der Waals surface area contributed by atoms with Crippen molar-refractivity contribution in [1.29, 1.82) is 0 Å². The standard InChI is InChI=1S/C18H23N3O2S/c1-6-7-13-14(8-12(4)23-5)20-15(9-17(13)22)16-10-24-18(21-16)19-11(2)3/h6-11H,1-5H3,(H,19,21)(H,20,22)/b7-6-,12-8+. The Morgan fingerprint density at radius 2 is 2.21 bits per heavy atom. The number of H-pyrrole nitrogens is 1. The second kappa shape index (κ2) is 7.97. The van der Waals surface area contributed by atoms with Crippen LogP contribution in [0.1, 0.15) is 39.0 Å². The van der Waals surface area contributed by atoms with Crippen LogP contribution < -0.4 is 10.7 Å². The third-order valence-corrected chi connectivity index (χ3v) is 4.07. The highest BCUT2D eigenvalue weighted by Gasteiger charge is 2.11. The zero-order chi connectivity index (χ0) is 17.7. The van der Waals surface area contributed by atoms with Crippen molar-refractivity contribution in [3.8, 4) is 11.4 Å². The molecule has 0 saturated carbocycles. The number of methoxy groups -OCH3 is 1. The zero-order valence-corrected chi connectivity index (χ0v) is 15.5. The topological polar surface area (TPSA) is 67.0 Å². The summed E-state index contributed by atoms with van der Waals surface area (Å²) in [6.45, 7) is 7.85. The molecule has 0 aliphatic carbocycles. The molecule has 24 heavy (non-hydrogen) atoms. The summed E-state index contributed by atoms with van der Waals surface area (Å²) in [7, 11) is 1.60. The first-order valence-electron chi connectivity index (χ1n) is 7.79. The van der Waals surface area contributed by atoms with Crippen molar-refractivity contribution in [3.63, 3.8) is 0 Å². The van der Waals surface area contributed by atoms with Crippen LogP contribution in [0.25, 0.3) is 23.5 Å². The minimum Gasteiger partial charge on any atom is -0.501 e. The second-order valence-corrected chi connectivity index (χ2v) is 6.53. The number of allylic oxidation sites excluding steroid dienone is 2. The van der Waals surface area contributed by atoms with E-state index in [1.165, 1.54) is 11.3 Å². The van der Waals surface area contributed by atoms with Gasteiger partial charge in [-0.15, -0.1) is 11.3 Å². The fourth-order valence-electron chi connectivity index (χ4n) is 2.15. The maximum atomic E-state index is 12.5. The highest BCUT2D eigenvalue weighted by Crippen LogP contribution is 2.24. The third-order valence-electron chi connectivity index (χ3n) is 3.30. The van der Waals surface area contributed by atoms with E-state index in [-0.39, 0.29) is 5.43 Å². The van der Waals surface area contributed by atoms with Gasteiger partial charge in [0.05, 0.1) is 30.0 Å². The fourth-order valence-corrected chi connectivity index (χ4v) is 3.01. The van der Waals surface area contributed by atoms with E-state index >= 15 is 0 Å². The van der Waals surface area contributed by atoms with E-state index in [0.717, 1.165) is 10.8 Å². The lowest BCUT2D eigenvalue weighted by atomic mass is 10.1. The van der Waals surface area contributed by atoms with Gasteiger partial charge in [-0.1, -0.05) is 12.2 Å². The summed E-state index contributed by atoms with van der Waals surface area (Å²) in [5.74, 6) is 0.717. The van der Waals surface area contributed by atoms with E-state index in [0.29, 0.717) is 28.8 Å². The number of ether oxygens (including phenoxy) is 1. The van der Waals surface area contributed by atoms with Gasteiger partial charge in [0.15, 0.2) is 10.6 Å². The smallest absolute Gasteiger partial charge is 0.190 e. The Morgan fingerprint density at radius 3 is 2.83 bits per heavy atom. The van der Waals surface area contributed by atoms with Crippen LogP contribution in [0.4, 0.5) is 5.13 Å². The first-order chi connectivity index (χ1) is 11.4. The number of thiazole rings is 1. The maximum absolute atomic E-state index is 12.5. The molecule has 0 spiro atoms. The van der Waals surface area contributed by atoms with Gasteiger partial charge >= 0.3 is 0 Å². The Labute approximate surface area is 146 Å². The molecule has 0 saturated heterocycles. The summed E-state index contributed by atoms with van der Waals surface area (Å²) in [6, 6.07) is 1.89. The number of rotatable bonds is 6. The molecule has 0 atom stereocenters. The SMILES string of the molecule is C/C=C\c1c(/C=C(\C)OC)[nH]c(-c2csc(NC(C)C)n2)cc1=O. The van der Waals surface area contributed by atoms with E-state index < -0.39 is 0 Å². The van der Waals surface area contributed by atoms with Crippen LogP contribution >= 0.6 is 11.3 Å². The molecule has 0 amide bonds. The van der Waals surface area contributed by atoms with Crippen LogP contribution in [-0.2, 0) is 4.74 Å². The lowest BCUT2D eigenvalue weighted by molar-refractivity contribution is 0.297. The van der Waals surface area contributed by atoms with Gasteiger partial charge in [-0.05, 0) is 33.8 Å². The molecular formula is C18H23N3O2S. The van der Waals surface area contributed by atoms with E-state index in [1.54, 1.807) is 19.3 Å². The van der Waals surface area contributed by atoms with E-state index in [2.05, 4.69) is 29.1 Å². The molecule has 2 aromatic heterocycles. The van der Waals surface area contributed by atoms with Crippen LogP contribution in [-0.4, -0.2) is 23.1 Å². The molecule has 2 N–H and O–H groups in total. The van der Waals surface area contributed by atoms with Crippen LogP contribution in [0, 0.1) is 0 Å². The molecule has 0 unspecified atom stereocenters. The summed E-state index contributed by atoms with van der Waals surface area (Å²) < 4.78 is 5.21. The molecule has 5 nitrogen and oxygen atoms in total. The van der Waals surface area contributed by atoms with Gasteiger partial charge in [0.1, 0.15) is 0 Å². The number of aromatic nitrogens is 2. The first kappa shape index (κ1) is 18.0. The second-order valence-electron chi connectivity index (χ2n) is 5.67. The van der Waals surface area contributed by atoms with Crippen LogP contribution in [0.3, 0.4) is 0 Å². The van der Waals surface area contributed by atoms with Crippen molar-refractivity contribution < 1.29 is 4.74 Å². The van der Waals surface area contributed by atoms with Crippen molar-refractivity contribution >= 4 is 28.6 Å². The minimum absolute atomic E-state index is 0.0524. The molecule has 0 fully saturated rings. The van der Waals surface area contributed by atoms with Crippen molar-refractivity contribution in [2.75, 3.05) is 12.4 Å². The highest BCUT2D eigenvalue weighted by atomic mass is 32.1. The highest BCUT2D eigenvalue weighted by molar-refractivity contribution is 7.14. The number of hydrogen-bond acceptors (Lipinski definition) is 5. The summed E-state index contributed by atoms with van der Waals surface area (Å²) in [5.41, 5.74) is 2.70. The maximum Gasteiger partial charge on any atom is 0.190 e. The predicted octanol–water partition coefficient (Wildman–Crippen LogP) is 4.36. The normalized spacial score (nSPS) is 12.2. The van der Waals surface area contributed by atoms with E-state index in [4.69, 9.17) is 4.74 Å². The molecule has 0 aliphatic rings. The van der Waals surface area contributed by atoms with Crippen molar-refractivity contribution in [3.05, 3.63) is 44.8 Å². The van der Waals surface area contributed by atoms with Gasteiger partial charge in [0.25, 0.3) is 0 Å². The fraction of sp³-hybridized carbons (Fsp3) is 0.333. The van der Waals surface area contributed by atoms with E-state index in [9.17, 15) is 4.79 Å². The van der Waals surface area contributed by atoms with E-state index in [1.807, 2.05) is 31.4 Å². The van der Waals surface area contributed by atoms with Crippen molar-refractivity contribution in [2.24, 2.45) is 0 Å². The largest absolute Gasteiger partial charge is 0.501 e. The monoisotopic (exact) mass is 345 g/mol. The molecule has 2 rings (SSSR count). The summed E-state index contributed by atoms with van der Waals surface area (Å²) in [5, 5.41) is 6.04. The van der Waals surface area contributed by atoms with Gasteiger partial charge in [0, 0.05) is 23.1 Å². The predicted molar refractivity (Wildman–Crippen MR) is 102 cm³/mol. The molecule has 0 aliphatic heterocycles. The number of pyridine rings is 1. The number of nitrogens with one attached hydrogen (secondary N) is 2. The molecule has 0 aromatic carbocycles. The third kappa shape index (κ3) is 4.35. The van der Waals surface area contributed by atoms with Crippen LogP contribution in [0.2, 0.25) is 0 Å². The van der Waals surface area contributed by atoms with Gasteiger partial charge in [-0.2, -0.15) is 0 Å². The van der Waals surface area contributed by atoms with Crippen molar-refractivity contribution in [2.45, 2.75) is 33.7 Å². The molecule has 2 aromatic rings. The quantitative estimate of drug-likeness (QED) is 0.764. The Morgan fingerprint density at radius 1 is 1.46 bits per heavy atom. The molecule has 0 bridgehead atoms. The minimum atomic E-state index is -0.0524. The molecule has 2 heterocycles. The lowest BCUT2D eigenvalue weighted by Gasteiger charge is -2.07. The van der Waals surface area contributed by atoms with Gasteiger partial charge < -0.3 is 15.0 Å². The molecule has 128 valence electrons. The molecular weight excluding hydrogens is 322 g/mol. The number of aromatic amines is 1. The molecule has 6 heteroatoms. The summed E-state index contributed by atoms with van der Waals surface area (Å²) in [6.07, 6.45) is 5.46. The van der Waals surface area contributed by atoms with Crippen LogP contribution in [0.15, 0.2) is 28.1 Å². The number of anilines is 1. The number of nitrogens with zero attached hydrogens (tertiary/aromatic N) is 1.